The monoisotopic (exact) mass is 885 g/mol. The zero-order valence-electron chi connectivity index (χ0n) is 35.3. The van der Waals surface area contributed by atoms with Crippen molar-refractivity contribution in [2.75, 3.05) is 56.1 Å². The molecular formula is C46H56ClN7O7S. The van der Waals surface area contributed by atoms with E-state index >= 15 is 0 Å². The summed E-state index contributed by atoms with van der Waals surface area (Å²) in [6.45, 7) is 10.2. The van der Waals surface area contributed by atoms with Crippen molar-refractivity contribution >= 4 is 49.7 Å². The van der Waals surface area contributed by atoms with Crippen LogP contribution in [0, 0.1) is 39.2 Å². The Morgan fingerprint density at radius 2 is 1.90 bits per heavy atom. The lowest BCUT2D eigenvalue weighted by Gasteiger charge is -2.40. The Bertz CT molecular complexity index is 2520. The highest BCUT2D eigenvalue weighted by molar-refractivity contribution is 7.89. The number of nitrogens with one attached hydrogen (secondary N) is 3. The number of benzene rings is 2. The van der Waals surface area contributed by atoms with Crippen LogP contribution in [0.4, 0.5) is 17.1 Å². The second-order valence-electron chi connectivity index (χ2n) is 19.5. The number of H-pyrrole nitrogens is 1. The number of alkyl halides is 1. The van der Waals surface area contributed by atoms with E-state index in [9.17, 15) is 23.6 Å². The fourth-order valence-electron chi connectivity index (χ4n) is 10.7. The van der Waals surface area contributed by atoms with Crippen LogP contribution in [0.15, 0.2) is 77.0 Å². The fourth-order valence-corrected chi connectivity index (χ4v) is 12.3. The van der Waals surface area contributed by atoms with Crippen LogP contribution in [0.1, 0.15) is 77.0 Å². The Kier molecular flexibility index (Phi) is 10.8. The molecule has 4 unspecified atom stereocenters. The number of fused-ring (bicyclic) bond motifs is 2. The van der Waals surface area contributed by atoms with Crippen LogP contribution in [-0.4, -0.2) is 90.2 Å². The Labute approximate surface area is 367 Å². The van der Waals surface area contributed by atoms with Gasteiger partial charge in [0.1, 0.15) is 29.1 Å². The molecule has 14 nitrogen and oxygen atoms in total. The van der Waals surface area contributed by atoms with Crippen molar-refractivity contribution in [1.82, 2.24) is 19.6 Å². The van der Waals surface area contributed by atoms with E-state index in [4.69, 9.17) is 21.1 Å². The number of nitro groups is 1. The van der Waals surface area contributed by atoms with Gasteiger partial charge >= 0.3 is 0 Å². The van der Waals surface area contributed by atoms with Gasteiger partial charge in [-0.2, -0.15) is 4.72 Å². The second-order valence-corrected chi connectivity index (χ2v) is 21.7. The molecule has 3 saturated carbocycles. The average molecular weight is 887 g/mol. The van der Waals surface area contributed by atoms with E-state index in [1.54, 1.807) is 29.6 Å². The van der Waals surface area contributed by atoms with Crippen LogP contribution >= 0.6 is 11.6 Å². The predicted octanol–water partition coefficient (Wildman–Crippen LogP) is 8.11. The first-order chi connectivity index (χ1) is 29.7. The summed E-state index contributed by atoms with van der Waals surface area (Å²) in [6, 6.07) is 12.8. The highest BCUT2D eigenvalue weighted by atomic mass is 35.5. The molecule has 2 aromatic carbocycles. The van der Waals surface area contributed by atoms with Crippen molar-refractivity contribution in [3.05, 3.63) is 87.7 Å². The normalized spacial score (nSPS) is 27.1. The third kappa shape index (κ3) is 8.56. The number of hydrogen-bond donors (Lipinski definition) is 4. The molecule has 62 heavy (non-hydrogen) atoms. The molecule has 4 N–H and O–H groups in total. The molecule has 330 valence electrons. The quantitative estimate of drug-likeness (QED) is 0.0317. The first-order valence-electron chi connectivity index (χ1n) is 22.2. The number of allylic oxidation sites excluding steroid dienone is 1. The van der Waals surface area contributed by atoms with Crippen LogP contribution in [0.3, 0.4) is 0 Å². The van der Waals surface area contributed by atoms with Crippen LogP contribution in [-0.2, 0) is 14.8 Å². The van der Waals surface area contributed by atoms with Gasteiger partial charge in [-0.1, -0.05) is 25.0 Å². The molecule has 0 bridgehead atoms. The van der Waals surface area contributed by atoms with Gasteiger partial charge in [0.25, 0.3) is 5.69 Å². The SMILES string of the molecule is CC1(C)CCC(CN2CCN(c3ccc(C(O)NS(=O)(=O)c4ccc(NCC5COC6(CC6)C5)c([N+](=O)[O-])c4)c(Oc4cnc5[nH]ccc5c4)c3)CC2)=C([C@@H]2C[C@H](Cl)C3CC32)C1. The molecule has 0 amide bonds. The van der Waals surface area contributed by atoms with Crippen molar-refractivity contribution < 1.29 is 27.9 Å². The topological polar surface area (TPSA) is 175 Å². The van der Waals surface area contributed by atoms with E-state index in [-0.39, 0.29) is 39.1 Å². The summed E-state index contributed by atoms with van der Waals surface area (Å²) < 4.78 is 42.2. The van der Waals surface area contributed by atoms with Gasteiger partial charge < -0.3 is 29.8 Å². The van der Waals surface area contributed by atoms with Gasteiger partial charge in [-0.15, -0.1) is 11.6 Å². The first kappa shape index (κ1) is 41.7. The smallest absolute Gasteiger partial charge is 0.293 e. The molecule has 16 heteroatoms. The number of nitrogens with zero attached hydrogens (tertiary/aromatic N) is 4. The molecule has 4 aromatic rings. The van der Waals surface area contributed by atoms with Crippen LogP contribution in [0.2, 0.25) is 0 Å². The molecule has 1 spiro atoms. The maximum atomic E-state index is 13.8. The number of nitro benzene ring substituents is 1. The molecule has 4 aliphatic carbocycles. The minimum absolute atomic E-state index is 0.0179. The number of aromatic nitrogens is 2. The fraction of sp³-hybridized carbons (Fsp3) is 0.543. The number of pyridine rings is 1. The third-order valence-electron chi connectivity index (χ3n) is 14.5. The van der Waals surface area contributed by atoms with E-state index < -0.39 is 21.2 Å². The number of anilines is 2. The third-order valence-corrected chi connectivity index (χ3v) is 16.4. The summed E-state index contributed by atoms with van der Waals surface area (Å²) in [7, 11) is -4.45. The van der Waals surface area contributed by atoms with E-state index in [1.807, 2.05) is 24.3 Å². The highest BCUT2D eigenvalue weighted by Crippen LogP contribution is 2.62. The molecule has 0 radical (unpaired) electrons. The highest BCUT2D eigenvalue weighted by Gasteiger charge is 2.55. The van der Waals surface area contributed by atoms with Gasteiger partial charge in [0.05, 0.1) is 28.2 Å². The Hall–Kier alpha value is -4.25. The van der Waals surface area contributed by atoms with E-state index in [2.05, 4.69) is 43.7 Å². The zero-order valence-corrected chi connectivity index (χ0v) is 36.9. The van der Waals surface area contributed by atoms with E-state index in [0.717, 1.165) is 87.9 Å². The lowest BCUT2D eigenvalue weighted by atomic mass is 9.70. The molecule has 6 atom stereocenters. The van der Waals surface area contributed by atoms with E-state index in [1.165, 1.54) is 31.4 Å². The minimum atomic E-state index is -4.45. The Morgan fingerprint density at radius 1 is 1.08 bits per heavy atom. The number of aliphatic hydroxyl groups excluding tert-OH is 1. The number of piperazine rings is 1. The van der Waals surface area contributed by atoms with Gasteiger partial charge in [0.2, 0.25) is 10.0 Å². The number of aromatic amines is 1. The molecular weight excluding hydrogens is 830 g/mol. The van der Waals surface area contributed by atoms with Crippen LogP contribution < -0.4 is 19.7 Å². The van der Waals surface area contributed by atoms with Crippen LogP contribution in [0.5, 0.6) is 11.5 Å². The number of aliphatic hydroxyl groups is 1. The van der Waals surface area contributed by atoms with Gasteiger partial charge in [-0.25, -0.2) is 13.4 Å². The molecule has 2 saturated heterocycles. The van der Waals surface area contributed by atoms with Crippen molar-refractivity contribution in [2.45, 2.75) is 87.3 Å². The van der Waals surface area contributed by atoms with Crippen molar-refractivity contribution in [2.24, 2.45) is 29.1 Å². The molecule has 10 rings (SSSR count). The summed E-state index contributed by atoms with van der Waals surface area (Å²) in [5, 5.41) is 28.0. The summed E-state index contributed by atoms with van der Waals surface area (Å²) in [5.74, 6) is 2.99. The predicted molar refractivity (Wildman–Crippen MR) is 238 cm³/mol. The van der Waals surface area contributed by atoms with Crippen molar-refractivity contribution in [3.8, 4) is 11.5 Å². The number of halogens is 1. The number of sulfonamides is 1. The standard InChI is InChI=1S/C46H56ClN7O7S/c1-45(2)9-7-30(38(23-45)36-21-39(47)37-20-35(36)37)26-52-13-15-53(16-14-52)31-3-5-34(42(18-31)61-32-17-29-8-12-48-43(29)50-25-32)44(55)51-62(58,59)33-4-6-40(41(19-33)54(56)57)49-24-28-22-46(10-11-46)60-27-28/h3-6,8,12,17-19,25,28,35-37,39,44,49,51,55H,7,9-11,13-16,20-24,26-27H2,1-2H3,(H,48,50)/t28?,35?,36-,37?,39+,44?/m1/s1. The Morgan fingerprint density at radius 3 is 2.63 bits per heavy atom. The van der Waals surface area contributed by atoms with Gasteiger partial charge in [0, 0.05) is 85.5 Å². The summed E-state index contributed by atoms with van der Waals surface area (Å²) in [4.78, 5) is 23.6. The number of rotatable bonds is 14. The maximum Gasteiger partial charge on any atom is 0.293 e. The number of hydrogen-bond acceptors (Lipinski definition) is 11. The molecule has 6 aliphatic rings. The molecule has 2 aromatic heterocycles. The summed E-state index contributed by atoms with van der Waals surface area (Å²) in [6.07, 6.45) is 10.5. The largest absolute Gasteiger partial charge is 0.455 e. The Balaban J connectivity index is 0.853. The summed E-state index contributed by atoms with van der Waals surface area (Å²) >= 11 is 6.79. The van der Waals surface area contributed by atoms with Crippen LogP contribution in [0.25, 0.3) is 11.0 Å². The lowest BCUT2D eigenvalue weighted by molar-refractivity contribution is -0.384. The minimum Gasteiger partial charge on any atom is -0.455 e. The lowest BCUT2D eigenvalue weighted by Crippen LogP contribution is -2.47. The second kappa shape index (κ2) is 16.1. The van der Waals surface area contributed by atoms with Gasteiger partial charge in [-0.3, -0.25) is 15.0 Å². The van der Waals surface area contributed by atoms with Gasteiger partial charge in [-0.05, 0) is 111 Å². The summed E-state index contributed by atoms with van der Waals surface area (Å²) in [5.41, 5.74) is 5.22. The average Bonchev–Trinajstić information content (AvgIpc) is 4.06. The molecule has 5 fully saturated rings. The van der Waals surface area contributed by atoms with E-state index in [0.29, 0.717) is 47.2 Å². The number of ether oxygens (including phenoxy) is 2. The van der Waals surface area contributed by atoms with Crippen molar-refractivity contribution in [1.29, 1.82) is 0 Å². The maximum absolute atomic E-state index is 13.8. The zero-order chi connectivity index (χ0) is 43.0. The van der Waals surface area contributed by atoms with Gasteiger partial charge in [0.15, 0.2) is 0 Å². The molecule has 4 heterocycles. The molecule has 2 aliphatic heterocycles. The first-order valence-corrected chi connectivity index (χ1v) is 24.1. The van der Waals surface area contributed by atoms with Crippen molar-refractivity contribution in [3.63, 3.8) is 0 Å².